The van der Waals surface area contributed by atoms with Gasteiger partial charge in [-0.1, -0.05) is 18.2 Å². The van der Waals surface area contributed by atoms with Gasteiger partial charge in [0.2, 0.25) is 0 Å². The van der Waals surface area contributed by atoms with Gasteiger partial charge in [0.1, 0.15) is 30.3 Å². The van der Waals surface area contributed by atoms with E-state index in [1.807, 2.05) is 6.07 Å². The van der Waals surface area contributed by atoms with Gasteiger partial charge in [0.15, 0.2) is 0 Å². The largest absolute Gasteiger partial charge is 0.489 e. The molecule has 20 heavy (non-hydrogen) atoms. The lowest BCUT2D eigenvalue weighted by molar-refractivity contribution is 0.107. The molecular formula is C16H14FNO2. The molecule has 0 aliphatic heterocycles. The second-order valence-electron chi connectivity index (χ2n) is 4.44. The summed E-state index contributed by atoms with van der Waals surface area (Å²) in [7, 11) is 0. The Kier molecular flexibility index (Phi) is 4.34. The number of benzene rings is 2. The highest BCUT2D eigenvalue weighted by molar-refractivity contribution is 5.42. The third kappa shape index (κ3) is 3.14. The third-order valence-corrected chi connectivity index (χ3v) is 3.00. The molecule has 0 amide bonds. The Balaban J connectivity index is 2.09. The lowest BCUT2D eigenvalue weighted by atomic mass is 10.0. The number of ether oxygens (including phenoxy) is 1. The Bertz CT molecular complexity index is 649. The standard InChI is InChI=1S/C16H14FNO2/c1-11-8-13(17)6-7-14(11)15(19)10-20-16-5-3-2-4-12(16)9-18/h2-8,15,19H,10H2,1H3. The van der Waals surface area contributed by atoms with E-state index in [9.17, 15) is 9.50 Å². The summed E-state index contributed by atoms with van der Waals surface area (Å²) in [5.41, 5.74) is 1.69. The maximum Gasteiger partial charge on any atom is 0.137 e. The topological polar surface area (TPSA) is 53.2 Å². The molecule has 0 aromatic heterocycles. The highest BCUT2D eigenvalue weighted by atomic mass is 19.1. The number of rotatable bonds is 4. The number of hydrogen-bond donors (Lipinski definition) is 1. The molecule has 1 atom stereocenters. The fourth-order valence-corrected chi connectivity index (χ4v) is 1.96. The van der Waals surface area contributed by atoms with E-state index in [2.05, 4.69) is 0 Å². The predicted molar refractivity (Wildman–Crippen MR) is 72.7 cm³/mol. The molecule has 0 spiro atoms. The van der Waals surface area contributed by atoms with Crippen molar-refractivity contribution in [3.8, 4) is 11.8 Å². The molecule has 0 aliphatic carbocycles. The average Bonchev–Trinajstić information content (AvgIpc) is 2.45. The Morgan fingerprint density at radius 3 is 2.75 bits per heavy atom. The van der Waals surface area contributed by atoms with Crippen LogP contribution in [0.3, 0.4) is 0 Å². The molecule has 0 bridgehead atoms. The first-order valence-corrected chi connectivity index (χ1v) is 6.18. The van der Waals surface area contributed by atoms with Crippen molar-refractivity contribution < 1.29 is 14.2 Å². The van der Waals surface area contributed by atoms with Gasteiger partial charge in [0, 0.05) is 0 Å². The summed E-state index contributed by atoms with van der Waals surface area (Å²) in [6.45, 7) is 1.73. The molecule has 1 N–H and O–H groups in total. The fourth-order valence-electron chi connectivity index (χ4n) is 1.96. The first-order valence-electron chi connectivity index (χ1n) is 6.18. The molecule has 2 aromatic carbocycles. The highest BCUT2D eigenvalue weighted by Crippen LogP contribution is 2.22. The molecule has 0 saturated carbocycles. The molecule has 0 aliphatic rings. The number of aliphatic hydroxyl groups is 1. The first-order chi connectivity index (χ1) is 9.61. The monoisotopic (exact) mass is 271 g/mol. The quantitative estimate of drug-likeness (QED) is 0.929. The summed E-state index contributed by atoms with van der Waals surface area (Å²) in [5.74, 6) is 0.0861. The van der Waals surface area contributed by atoms with Crippen LogP contribution in [0.5, 0.6) is 5.75 Å². The molecule has 2 aromatic rings. The van der Waals surface area contributed by atoms with Gasteiger partial charge >= 0.3 is 0 Å². The fraction of sp³-hybridized carbons (Fsp3) is 0.188. The number of nitrogens with zero attached hydrogens (tertiary/aromatic N) is 1. The molecule has 4 heteroatoms. The van der Waals surface area contributed by atoms with Crippen LogP contribution in [0.15, 0.2) is 42.5 Å². The molecule has 2 rings (SSSR count). The van der Waals surface area contributed by atoms with Crippen molar-refractivity contribution in [1.29, 1.82) is 5.26 Å². The molecular weight excluding hydrogens is 257 g/mol. The Morgan fingerprint density at radius 2 is 2.05 bits per heavy atom. The zero-order chi connectivity index (χ0) is 14.5. The summed E-state index contributed by atoms with van der Waals surface area (Å²) in [6, 6.07) is 13.0. The number of nitriles is 1. The number of para-hydroxylation sites is 1. The number of halogens is 1. The van der Waals surface area contributed by atoms with E-state index >= 15 is 0 Å². The van der Waals surface area contributed by atoms with Gasteiger partial charge in [0.25, 0.3) is 0 Å². The second kappa shape index (κ2) is 6.18. The van der Waals surface area contributed by atoms with E-state index in [-0.39, 0.29) is 12.4 Å². The maximum absolute atomic E-state index is 13.0. The number of aryl methyl sites for hydroxylation is 1. The minimum Gasteiger partial charge on any atom is -0.489 e. The molecule has 0 fully saturated rings. The van der Waals surface area contributed by atoms with Gasteiger partial charge in [-0.2, -0.15) is 5.26 Å². The molecule has 102 valence electrons. The lowest BCUT2D eigenvalue weighted by Crippen LogP contribution is -2.11. The Labute approximate surface area is 116 Å². The zero-order valence-electron chi connectivity index (χ0n) is 11.0. The minimum absolute atomic E-state index is 0.00512. The molecule has 0 heterocycles. The van der Waals surface area contributed by atoms with Gasteiger partial charge in [0.05, 0.1) is 5.56 Å². The lowest BCUT2D eigenvalue weighted by Gasteiger charge is -2.15. The van der Waals surface area contributed by atoms with Crippen LogP contribution in [0.1, 0.15) is 22.8 Å². The van der Waals surface area contributed by atoms with E-state index in [4.69, 9.17) is 10.00 Å². The van der Waals surface area contributed by atoms with Crippen molar-refractivity contribution >= 4 is 0 Å². The van der Waals surface area contributed by atoms with Crippen LogP contribution in [0, 0.1) is 24.1 Å². The van der Waals surface area contributed by atoms with Crippen molar-refractivity contribution in [2.45, 2.75) is 13.0 Å². The van der Waals surface area contributed by atoms with Crippen LogP contribution in [-0.4, -0.2) is 11.7 Å². The summed E-state index contributed by atoms with van der Waals surface area (Å²) >= 11 is 0. The van der Waals surface area contributed by atoms with Crippen molar-refractivity contribution in [2.75, 3.05) is 6.61 Å². The van der Waals surface area contributed by atoms with Gasteiger partial charge in [-0.05, 0) is 42.3 Å². The van der Waals surface area contributed by atoms with Crippen LogP contribution >= 0.6 is 0 Å². The minimum atomic E-state index is -0.873. The van der Waals surface area contributed by atoms with E-state index < -0.39 is 6.10 Å². The molecule has 3 nitrogen and oxygen atoms in total. The van der Waals surface area contributed by atoms with Crippen LogP contribution in [0.4, 0.5) is 4.39 Å². The van der Waals surface area contributed by atoms with Crippen molar-refractivity contribution in [3.05, 3.63) is 65.0 Å². The van der Waals surface area contributed by atoms with Crippen molar-refractivity contribution in [1.82, 2.24) is 0 Å². The number of hydrogen-bond acceptors (Lipinski definition) is 3. The van der Waals surface area contributed by atoms with Crippen LogP contribution < -0.4 is 4.74 Å². The highest BCUT2D eigenvalue weighted by Gasteiger charge is 2.13. The summed E-state index contributed by atoms with van der Waals surface area (Å²) in [4.78, 5) is 0. The Morgan fingerprint density at radius 1 is 1.30 bits per heavy atom. The maximum atomic E-state index is 13.0. The van der Waals surface area contributed by atoms with Gasteiger partial charge < -0.3 is 9.84 Å². The van der Waals surface area contributed by atoms with Crippen molar-refractivity contribution in [3.63, 3.8) is 0 Å². The van der Waals surface area contributed by atoms with Gasteiger partial charge in [-0.3, -0.25) is 0 Å². The molecule has 0 saturated heterocycles. The van der Waals surface area contributed by atoms with Crippen molar-refractivity contribution in [2.24, 2.45) is 0 Å². The summed E-state index contributed by atoms with van der Waals surface area (Å²) in [5, 5.41) is 19.0. The SMILES string of the molecule is Cc1cc(F)ccc1C(O)COc1ccccc1C#N. The van der Waals surface area contributed by atoms with Gasteiger partial charge in [-0.25, -0.2) is 4.39 Å². The van der Waals surface area contributed by atoms with E-state index in [1.165, 1.54) is 18.2 Å². The van der Waals surface area contributed by atoms with Crippen LogP contribution in [-0.2, 0) is 0 Å². The summed E-state index contributed by atoms with van der Waals surface area (Å²) in [6.07, 6.45) is -0.873. The average molecular weight is 271 g/mol. The van der Waals surface area contributed by atoms with Crippen LogP contribution in [0.25, 0.3) is 0 Å². The Hall–Kier alpha value is -2.38. The van der Waals surface area contributed by atoms with E-state index in [0.29, 0.717) is 22.4 Å². The van der Waals surface area contributed by atoms with E-state index in [1.54, 1.807) is 31.2 Å². The predicted octanol–water partition coefficient (Wildman–Crippen LogP) is 3.12. The normalized spacial score (nSPS) is 11.7. The zero-order valence-corrected chi connectivity index (χ0v) is 11.0. The molecule has 0 radical (unpaired) electrons. The molecule has 1 unspecified atom stereocenters. The second-order valence-corrected chi connectivity index (χ2v) is 4.44. The van der Waals surface area contributed by atoms with Gasteiger partial charge in [-0.15, -0.1) is 0 Å². The van der Waals surface area contributed by atoms with E-state index in [0.717, 1.165) is 0 Å². The third-order valence-electron chi connectivity index (χ3n) is 3.00. The number of aliphatic hydroxyl groups excluding tert-OH is 1. The smallest absolute Gasteiger partial charge is 0.137 e. The first kappa shape index (κ1) is 14.0. The van der Waals surface area contributed by atoms with Crippen LogP contribution in [0.2, 0.25) is 0 Å². The summed E-state index contributed by atoms with van der Waals surface area (Å²) < 4.78 is 18.5.